The van der Waals surface area contributed by atoms with Gasteiger partial charge in [0, 0.05) is 19.1 Å². The van der Waals surface area contributed by atoms with Gasteiger partial charge in [0.15, 0.2) is 0 Å². The number of hydrogen-bond donors (Lipinski definition) is 0. The monoisotopic (exact) mass is 328 g/mol. The molecule has 1 aromatic carbocycles. The zero-order valence-electron chi connectivity index (χ0n) is 12.4. The smallest absolute Gasteiger partial charge is 0.209 e. The van der Waals surface area contributed by atoms with Gasteiger partial charge in [-0.2, -0.15) is 0 Å². The van der Waals surface area contributed by atoms with Crippen molar-refractivity contribution in [3.63, 3.8) is 0 Å². The molecule has 1 amide bonds. The number of carbonyl (C=O) groups excluding carboxylic acids is 1. The van der Waals surface area contributed by atoms with Crippen LogP contribution in [0.1, 0.15) is 25.3 Å². The first-order valence-corrected chi connectivity index (χ1v) is 8.27. The Morgan fingerprint density at radius 3 is 2.86 bits per heavy atom. The van der Waals surface area contributed by atoms with Crippen molar-refractivity contribution >= 4 is 29.6 Å². The minimum Gasteiger partial charge on any atom is -0.343 e. The molecule has 1 fully saturated rings. The number of amides is 1. The summed E-state index contributed by atoms with van der Waals surface area (Å²) in [5, 5.41) is 1.14. The maximum atomic E-state index is 11.3. The minimum atomic E-state index is 0.508. The third-order valence-electron chi connectivity index (χ3n) is 4.17. The maximum absolute atomic E-state index is 11.3. The SMILES string of the molecule is CCN1CCCC1CN(C=O)CCc1ccc(Cl)c(Cl)c1. The van der Waals surface area contributed by atoms with E-state index in [1.165, 1.54) is 12.8 Å². The largest absolute Gasteiger partial charge is 0.343 e. The highest BCUT2D eigenvalue weighted by Gasteiger charge is 2.24. The Kier molecular flexibility index (Phi) is 6.34. The summed E-state index contributed by atoms with van der Waals surface area (Å²) < 4.78 is 0. The highest BCUT2D eigenvalue weighted by atomic mass is 35.5. The van der Waals surface area contributed by atoms with E-state index in [-0.39, 0.29) is 0 Å². The van der Waals surface area contributed by atoms with Crippen molar-refractivity contribution in [3.05, 3.63) is 33.8 Å². The molecule has 0 saturated carbocycles. The molecule has 5 heteroatoms. The molecule has 1 unspecified atom stereocenters. The molecule has 0 aliphatic carbocycles. The molecule has 1 aromatic rings. The number of benzene rings is 1. The number of hydrogen-bond acceptors (Lipinski definition) is 2. The van der Waals surface area contributed by atoms with Gasteiger partial charge < -0.3 is 4.90 Å². The first-order valence-electron chi connectivity index (χ1n) is 7.51. The number of likely N-dealkylation sites (N-methyl/N-ethyl adjacent to an activating group) is 1. The van der Waals surface area contributed by atoms with E-state index in [9.17, 15) is 4.79 Å². The van der Waals surface area contributed by atoms with Crippen LogP contribution in [0, 0.1) is 0 Å². The van der Waals surface area contributed by atoms with Gasteiger partial charge in [0.05, 0.1) is 10.0 Å². The van der Waals surface area contributed by atoms with Gasteiger partial charge in [-0.3, -0.25) is 9.69 Å². The number of halogens is 2. The molecule has 2 rings (SSSR count). The molecular formula is C16H22Cl2N2O. The van der Waals surface area contributed by atoms with Crippen molar-refractivity contribution < 1.29 is 4.79 Å². The van der Waals surface area contributed by atoms with E-state index >= 15 is 0 Å². The molecule has 21 heavy (non-hydrogen) atoms. The van der Waals surface area contributed by atoms with Gasteiger partial charge >= 0.3 is 0 Å². The van der Waals surface area contributed by atoms with Crippen LogP contribution in [0.5, 0.6) is 0 Å². The van der Waals surface area contributed by atoms with Crippen LogP contribution in [0.15, 0.2) is 18.2 Å². The molecule has 1 saturated heterocycles. The third-order valence-corrected chi connectivity index (χ3v) is 4.91. The van der Waals surface area contributed by atoms with E-state index in [4.69, 9.17) is 23.2 Å². The molecule has 1 atom stereocenters. The van der Waals surface area contributed by atoms with Crippen LogP contribution in [-0.2, 0) is 11.2 Å². The van der Waals surface area contributed by atoms with Gasteiger partial charge in [0.25, 0.3) is 0 Å². The van der Waals surface area contributed by atoms with Crippen LogP contribution in [0.3, 0.4) is 0 Å². The van der Waals surface area contributed by atoms with Gasteiger partial charge in [-0.05, 0) is 50.0 Å². The zero-order valence-corrected chi connectivity index (χ0v) is 13.9. The van der Waals surface area contributed by atoms with Crippen molar-refractivity contribution in [2.45, 2.75) is 32.2 Å². The lowest BCUT2D eigenvalue weighted by Gasteiger charge is -2.27. The van der Waals surface area contributed by atoms with E-state index < -0.39 is 0 Å². The molecule has 0 N–H and O–H groups in total. The molecule has 116 valence electrons. The summed E-state index contributed by atoms with van der Waals surface area (Å²) in [4.78, 5) is 15.6. The Bertz CT molecular complexity index is 481. The summed E-state index contributed by atoms with van der Waals surface area (Å²) in [6.07, 6.45) is 4.18. The van der Waals surface area contributed by atoms with Crippen molar-refractivity contribution in [2.75, 3.05) is 26.2 Å². The Balaban J connectivity index is 1.87. The number of likely N-dealkylation sites (tertiary alicyclic amines) is 1. The first kappa shape index (κ1) is 16.6. The molecule has 1 aliphatic heterocycles. The molecule has 1 heterocycles. The van der Waals surface area contributed by atoms with E-state index in [0.717, 1.165) is 44.6 Å². The molecular weight excluding hydrogens is 307 g/mol. The van der Waals surface area contributed by atoms with Crippen LogP contribution in [0.4, 0.5) is 0 Å². The van der Waals surface area contributed by atoms with Gasteiger partial charge in [0.2, 0.25) is 6.41 Å². The predicted octanol–water partition coefficient (Wildman–Crippen LogP) is 3.48. The highest BCUT2D eigenvalue weighted by molar-refractivity contribution is 6.42. The summed E-state index contributed by atoms with van der Waals surface area (Å²) in [6.45, 7) is 5.93. The van der Waals surface area contributed by atoms with Crippen molar-refractivity contribution in [1.82, 2.24) is 9.80 Å². The Morgan fingerprint density at radius 1 is 1.38 bits per heavy atom. The minimum absolute atomic E-state index is 0.508. The average molecular weight is 329 g/mol. The molecule has 0 radical (unpaired) electrons. The Hall–Kier alpha value is -0.770. The lowest BCUT2D eigenvalue weighted by atomic mass is 10.1. The van der Waals surface area contributed by atoms with Crippen LogP contribution in [0.25, 0.3) is 0 Å². The van der Waals surface area contributed by atoms with Gasteiger partial charge in [-0.1, -0.05) is 36.2 Å². The average Bonchev–Trinajstić information content (AvgIpc) is 2.94. The summed E-state index contributed by atoms with van der Waals surface area (Å²) >= 11 is 11.9. The standard InChI is InChI=1S/C16H22Cl2N2O/c1-2-20-8-3-4-14(20)11-19(12-21)9-7-13-5-6-15(17)16(18)10-13/h5-6,10,12,14H,2-4,7-9,11H2,1H3. The van der Waals surface area contributed by atoms with Crippen LogP contribution < -0.4 is 0 Å². The number of rotatable bonds is 7. The maximum Gasteiger partial charge on any atom is 0.209 e. The quantitative estimate of drug-likeness (QED) is 0.715. The molecule has 0 bridgehead atoms. The second-order valence-electron chi connectivity index (χ2n) is 5.52. The normalized spacial score (nSPS) is 18.9. The lowest BCUT2D eigenvalue weighted by Crippen LogP contribution is -2.40. The van der Waals surface area contributed by atoms with E-state index in [0.29, 0.717) is 16.1 Å². The van der Waals surface area contributed by atoms with E-state index in [1.54, 1.807) is 6.07 Å². The highest BCUT2D eigenvalue weighted by Crippen LogP contribution is 2.23. The second kappa shape index (κ2) is 8.02. The van der Waals surface area contributed by atoms with Crippen LogP contribution in [-0.4, -0.2) is 48.4 Å². The summed E-state index contributed by atoms with van der Waals surface area (Å²) in [6, 6.07) is 6.15. The van der Waals surface area contributed by atoms with Gasteiger partial charge in [-0.25, -0.2) is 0 Å². The van der Waals surface area contributed by atoms with Crippen LogP contribution in [0.2, 0.25) is 10.0 Å². The van der Waals surface area contributed by atoms with Crippen LogP contribution >= 0.6 is 23.2 Å². The number of nitrogens with zero attached hydrogens (tertiary/aromatic N) is 2. The predicted molar refractivity (Wildman–Crippen MR) is 88.1 cm³/mol. The number of carbonyl (C=O) groups is 1. The summed E-state index contributed by atoms with van der Waals surface area (Å²) in [7, 11) is 0. The van der Waals surface area contributed by atoms with Crippen molar-refractivity contribution in [3.8, 4) is 0 Å². The molecule has 0 spiro atoms. The van der Waals surface area contributed by atoms with Gasteiger partial charge in [-0.15, -0.1) is 0 Å². The van der Waals surface area contributed by atoms with Gasteiger partial charge in [0.1, 0.15) is 0 Å². The molecule has 0 aromatic heterocycles. The first-order chi connectivity index (χ1) is 10.1. The van der Waals surface area contributed by atoms with Crippen molar-refractivity contribution in [1.29, 1.82) is 0 Å². The molecule has 1 aliphatic rings. The third kappa shape index (κ3) is 4.60. The van der Waals surface area contributed by atoms with E-state index in [2.05, 4.69) is 11.8 Å². The Labute approximate surface area is 136 Å². The zero-order chi connectivity index (χ0) is 15.2. The fourth-order valence-electron chi connectivity index (χ4n) is 2.94. The van der Waals surface area contributed by atoms with E-state index in [1.807, 2.05) is 17.0 Å². The molecule has 3 nitrogen and oxygen atoms in total. The lowest BCUT2D eigenvalue weighted by molar-refractivity contribution is -0.118. The second-order valence-corrected chi connectivity index (χ2v) is 6.34. The fraction of sp³-hybridized carbons (Fsp3) is 0.562. The fourth-order valence-corrected chi connectivity index (χ4v) is 3.26. The summed E-state index contributed by atoms with van der Waals surface area (Å²) in [5.41, 5.74) is 1.11. The Morgan fingerprint density at radius 2 is 2.19 bits per heavy atom. The topological polar surface area (TPSA) is 23.6 Å². The van der Waals surface area contributed by atoms with Crippen molar-refractivity contribution in [2.24, 2.45) is 0 Å². The summed E-state index contributed by atoms with van der Waals surface area (Å²) in [5.74, 6) is 0.